The third-order valence-electron chi connectivity index (χ3n) is 4.91. The smallest absolute Gasteiger partial charge is 0.187 e. The molecular formula is C29H30N10S2. The Labute approximate surface area is 250 Å². The van der Waals surface area contributed by atoms with E-state index in [9.17, 15) is 0 Å². The van der Waals surface area contributed by atoms with Crippen molar-refractivity contribution in [2.45, 2.75) is 6.92 Å². The van der Waals surface area contributed by atoms with Gasteiger partial charge in [-0.3, -0.25) is 30.8 Å². The van der Waals surface area contributed by atoms with Crippen molar-refractivity contribution in [3.63, 3.8) is 0 Å². The van der Waals surface area contributed by atoms with Crippen LogP contribution in [0.1, 0.15) is 29.7 Å². The van der Waals surface area contributed by atoms with Crippen molar-refractivity contribution in [2.24, 2.45) is 10.2 Å². The van der Waals surface area contributed by atoms with Gasteiger partial charge in [0, 0.05) is 37.9 Å². The summed E-state index contributed by atoms with van der Waals surface area (Å²) in [6.45, 7) is 6.90. The molecule has 10 nitrogen and oxygen atoms in total. The molecule has 4 N–H and O–H groups in total. The van der Waals surface area contributed by atoms with Crippen LogP contribution in [0.4, 0.5) is 0 Å². The Bertz CT molecular complexity index is 1350. The van der Waals surface area contributed by atoms with E-state index < -0.39 is 0 Å². The minimum atomic E-state index is 0.416. The molecule has 208 valence electrons. The average Bonchev–Trinajstić information content (AvgIpc) is 3.03. The summed E-state index contributed by atoms with van der Waals surface area (Å²) in [7, 11) is 0. The van der Waals surface area contributed by atoms with Crippen LogP contribution in [0.3, 0.4) is 0 Å². The van der Waals surface area contributed by atoms with Crippen LogP contribution >= 0.6 is 24.4 Å². The lowest BCUT2D eigenvalue weighted by atomic mass is 10.1. The lowest BCUT2D eigenvalue weighted by Crippen LogP contribution is -2.33. The maximum absolute atomic E-state index is 5.12. The summed E-state index contributed by atoms with van der Waals surface area (Å²) in [5.74, 6) is 0. The van der Waals surface area contributed by atoms with E-state index in [4.69, 9.17) is 24.4 Å². The molecule has 4 heterocycles. The van der Waals surface area contributed by atoms with Gasteiger partial charge in [-0.05, 0) is 79.9 Å². The summed E-state index contributed by atoms with van der Waals surface area (Å²) < 4.78 is 0. The number of aromatic nitrogens is 4. The number of hydrogen-bond acceptors (Lipinski definition) is 8. The van der Waals surface area contributed by atoms with Gasteiger partial charge in [0.15, 0.2) is 10.2 Å². The molecule has 41 heavy (non-hydrogen) atoms. The lowest BCUT2D eigenvalue weighted by molar-refractivity contribution is 0.900. The number of nitrogens with one attached hydrogen (secondary N) is 4. The Morgan fingerprint density at radius 2 is 1.02 bits per heavy atom. The van der Waals surface area contributed by atoms with Crippen LogP contribution in [-0.4, -0.2) is 54.7 Å². The Morgan fingerprint density at radius 1 is 0.659 bits per heavy atom. The Hall–Kier alpha value is -4.94. The lowest BCUT2D eigenvalue weighted by Gasteiger charge is -2.08. The summed E-state index contributed by atoms with van der Waals surface area (Å²) >= 11 is 10.2. The highest BCUT2D eigenvalue weighted by molar-refractivity contribution is 7.80. The molecule has 0 aliphatic rings. The molecule has 0 atom stereocenters. The summed E-state index contributed by atoms with van der Waals surface area (Å²) in [6.07, 6.45) is 8.58. The van der Waals surface area contributed by atoms with Crippen LogP contribution in [0.25, 0.3) is 0 Å². The molecule has 0 spiro atoms. The van der Waals surface area contributed by atoms with E-state index in [-0.39, 0.29) is 0 Å². The van der Waals surface area contributed by atoms with Gasteiger partial charge >= 0.3 is 0 Å². The topological polar surface area (TPSA) is 124 Å². The SMILES string of the molecule is C=CCNC(=S)NN=C(c1ccccn1)c1ccccn1.CCNC(=S)NN=C(c1ccccn1)c1ccccn1. The Kier molecular flexibility index (Phi) is 13.1. The summed E-state index contributed by atoms with van der Waals surface area (Å²) in [6, 6.07) is 22.5. The van der Waals surface area contributed by atoms with E-state index in [2.05, 4.69) is 58.2 Å². The van der Waals surface area contributed by atoms with E-state index >= 15 is 0 Å². The van der Waals surface area contributed by atoms with Crippen LogP contribution in [0.15, 0.2) is 120 Å². The van der Waals surface area contributed by atoms with E-state index in [0.717, 1.165) is 29.3 Å². The van der Waals surface area contributed by atoms with Crippen LogP contribution in [0.5, 0.6) is 0 Å². The van der Waals surface area contributed by atoms with Crippen molar-refractivity contribution in [3.8, 4) is 0 Å². The molecule has 0 aliphatic carbocycles. The molecule has 4 aromatic heterocycles. The fourth-order valence-corrected chi connectivity index (χ4v) is 3.44. The molecule has 0 bridgehead atoms. The van der Waals surface area contributed by atoms with Crippen molar-refractivity contribution in [2.75, 3.05) is 13.1 Å². The Morgan fingerprint density at radius 3 is 1.32 bits per heavy atom. The number of hydrogen-bond donors (Lipinski definition) is 4. The molecule has 0 amide bonds. The number of rotatable bonds is 9. The molecule has 0 saturated heterocycles. The first-order valence-electron chi connectivity index (χ1n) is 12.6. The second kappa shape index (κ2) is 17.6. The maximum atomic E-state index is 5.12. The largest absolute Gasteiger partial charge is 0.362 e. The van der Waals surface area contributed by atoms with Gasteiger partial charge in [-0.15, -0.1) is 6.58 Å². The van der Waals surface area contributed by atoms with Gasteiger partial charge in [-0.25, -0.2) is 0 Å². The zero-order valence-electron chi connectivity index (χ0n) is 22.4. The summed E-state index contributed by atoms with van der Waals surface area (Å²) in [5.41, 5.74) is 9.78. The highest BCUT2D eigenvalue weighted by atomic mass is 32.1. The number of pyridine rings is 4. The average molecular weight is 583 g/mol. The molecule has 0 aromatic carbocycles. The first-order chi connectivity index (χ1) is 20.1. The monoisotopic (exact) mass is 582 g/mol. The van der Waals surface area contributed by atoms with Gasteiger partial charge in [0.1, 0.15) is 11.4 Å². The second-order valence-corrected chi connectivity index (χ2v) is 8.68. The van der Waals surface area contributed by atoms with Crippen molar-refractivity contribution in [3.05, 3.63) is 133 Å². The quantitative estimate of drug-likeness (QED) is 0.101. The van der Waals surface area contributed by atoms with E-state index in [0.29, 0.717) is 28.2 Å². The molecule has 0 radical (unpaired) electrons. The highest BCUT2D eigenvalue weighted by Crippen LogP contribution is 2.06. The third kappa shape index (κ3) is 10.6. The molecule has 12 heteroatoms. The van der Waals surface area contributed by atoms with Gasteiger partial charge < -0.3 is 10.6 Å². The molecule has 0 aliphatic heterocycles. The molecule has 0 saturated carbocycles. The molecule has 0 unspecified atom stereocenters. The maximum Gasteiger partial charge on any atom is 0.187 e. The van der Waals surface area contributed by atoms with Gasteiger partial charge in [-0.1, -0.05) is 30.3 Å². The Balaban J connectivity index is 0.000000226. The second-order valence-electron chi connectivity index (χ2n) is 7.86. The third-order valence-corrected chi connectivity index (χ3v) is 5.38. The van der Waals surface area contributed by atoms with E-state index in [1.807, 2.05) is 79.7 Å². The molecule has 4 rings (SSSR count). The number of hydrazone groups is 2. The zero-order chi connectivity index (χ0) is 29.1. The first-order valence-corrected chi connectivity index (χ1v) is 13.4. The molecule has 0 fully saturated rings. The van der Waals surface area contributed by atoms with Crippen molar-refractivity contribution in [1.29, 1.82) is 0 Å². The molecular weight excluding hydrogens is 553 g/mol. The predicted octanol–water partition coefficient (Wildman–Crippen LogP) is 3.59. The van der Waals surface area contributed by atoms with Gasteiger partial charge in [0.05, 0.1) is 22.8 Å². The number of thiocarbonyl (C=S) groups is 2. The fraction of sp³-hybridized carbons (Fsp3) is 0.103. The minimum absolute atomic E-state index is 0.416. The summed E-state index contributed by atoms with van der Waals surface area (Å²) in [5, 5.41) is 15.4. The zero-order valence-corrected chi connectivity index (χ0v) is 24.1. The molecule has 4 aromatic rings. The van der Waals surface area contributed by atoms with Crippen molar-refractivity contribution in [1.82, 2.24) is 41.4 Å². The highest BCUT2D eigenvalue weighted by Gasteiger charge is 2.10. The van der Waals surface area contributed by atoms with Gasteiger partial charge in [-0.2, -0.15) is 10.2 Å². The van der Waals surface area contributed by atoms with Crippen molar-refractivity contribution < 1.29 is 0 Å². The summed E-state index contributed by atoms with van der Waals surface area (Å²) in [4.78, 5) is 17.2. The van der Waals surface area contributed by atoms with Crippen LogP contribution in [0.2, 0.25) is 0 Å². The fourth-order valence-electron chi connectivity index (χ4n) is 3.12. The normalized spacial score (nSPS) is 9.59. The standard InChI is InChI=1S/C15H15N5S.C14H15N5S/c1-2-9-18-15(21)20-19-14(12-7-3-5-10-16-12)13-8-4-6-11-17-13;1-2-15-14(20)19-18-13(11-7-3-5-9-16-11)12-8-4-6-10-17-12/h2-8,10-11H,1,9H2,(H2,18,20,21);3-10H,2H2,1H3,(H2,15,19,20). The van der Waals surface area contributed by atoms with Crippen LogP contribution in [-0.2, 0) is 0 Å². The van der Waals surface area contributed by atoms with Crippen LogP contribution in [0, 0.1) is 0 Å². The van der Waals surface area contributed by atoms with E-state index in [1.54, 1.807) is 30.9 Å². The first kappa shape index (κ1) is 30.6. The van der Waals surface area contributed by atoms with Gasteiger partial charge in [0.25, 0.3) is 0 Å². The predicted molar refractivity (Wildman–Crippen MR) is 172 cm³/mol. The van der Waals surface area contributed by atoms with Crippen molar-refractivity contribution >= 4 is 46.1 Å². The number of nitrogens with zero attached hydrogens (tertiary/aromatic N) is 6. The van der Waals surface area contributed by atoms with Gasteiger partial charge in [0.2, 0.25) is 0 Å². The van der Waals surface area contributed by atoms with E-state index in [1.165, 1.54) is 0 Å². The van der Waals surface area contributed by atoms with Crippen LogP contribution < -0.4 is 21.5 Å². The minimum Gasteiger partial charge on any atom is -0.362 e.